The average molecular weight is 248 g/mol. The van der Waals surface area contributed by atoms with E-state index in [9.17, 15) is 5.11 Å². The third kappa shape index (κ3) is 4.59. The van der Waals surface area contributed by atoms with Gasteiger partial charge in [0.1, 0.15) is 0 Å². The molecule has 96 valence electrons. The monoisotopic (exact) mass is 248 g/mol. The summed E-state index contributed by atoms with van der Waals surface area (Å²) in [5.41, 5.74) is 0. The standard InChI is InChI=1S/C11H24N2O2S/c1-9(11(8-14)16-3)12-6-10-7-13(2)4-5-15-10/h9-12,14H,4-8H2,1-3H3. The van der Waals surface area contributed by atoms with E-state index in [-0.39, 0.29) is 18.0 Å². The van der Waals surface area contributed by atoms with E-state index in [0.717, 1.165) is 26.2 Å². The summed E-state index contributed by atoms with van der Waals surface area (Å²) in [7, 11) is 2.12. The van der Waals surface area contributed by atoms with E-state index < -0.39 is 0 Å². The van der Waals surface area contributed by atoms with E-state index in [1.807, 2.05) is 6.26 Å². The maximum absolute atomic E-state index is 9.18. The third-order valence-corrected chi connectivity index (χ3v) is 4.21. The summed E-state index contributed by atoms with van der Waals surface area (Å²) in [6, 6.07) is 0.316. The van der Waals surface area contributed by atoms with Crippen molar-refractivity contribution in [3.05, 3.63) is 0 Å². The summed E-state index contributed by atoms with van der Waals surface area (Å²) >= 11 is 1.70. The highest BCUT2D eigenvalue weighted by Crippen LogP contribution is 2.10. The fraction of sp³-hybridized carbons (Fsp3) is 1.00. The average Bonchev–Trinajstić information content (AvgIpc) is 2.28. The van der Waals surface area contributed by atoms with Crippen LogP contribution in [0, 0.1) is 0 Å². The van der Waals surface area contributed by atoms with Crippen molar-refractivity contribution in [2.24, 2.45) is 0 Å². The molecule has 1 rings (SSSR count). The van der Waals surface area contributed by atoms with Gasteiger partial charge in [-0.3, -0.25) is 0 Å². The van der Waals surface area contributed by atoms with Crippen molar-refractivity contribution in [2.45, 2.75) is 24.3 Å². The number of nitrogens with one attached hydrogen (secondary N) is 1. The minimum atomic E-state index is 0.223. The van der Waals surface area contributed by atoms with Gasteiger partial charge in [-0.25, -0.2) is 0 Å². The molecule has 4 nitrogen and oxygen atoms in total. The Morgan fingerprint density at radius 3 is 2.94 bits per heavy atom. The van der Waals surface area contributed by atoms with Crippen molar-refractivity contribution in [3.63, 3.8) is 0 Å². The second-order valence-electron chi connectivity index (χ2n) is 4.41. The zero-order valence-electron chi connectivity index (χ0n) is 10.5. The van der Waals surface area contributed by atoms with Crippen molar-refractivity contribution in [1.82, 2.24) is 10.2 Å². The van der Waals surface area contributed by atoms with Gasteiger partial charge < -0.3 is 20.1 Å². The molecule has 0 aromatic heterocycles. The Kier molecular flexibility index (Phi) is 6.68. The fourth-order valence-electron chi connectivity index (χ4n) is 1.88. The molecule has 0 aromatic rings. The number of aliphatic hydroxyl groups is 1. The molecule has 3 atom stereocenters. The van der Waals surface area contributed by atoms with Crippen LogP contribution < -0.4 is 5.32 Å². The third-order valence-electron chi connectivity index (χ3n) is 3.05. The quantitative estimate of drug-likeness (QED) is 0.694. The molecular formula is C11H24N2O2S. The summed E-state index contributed by atoms with van der Waals surface area (Å²) in [4.78, 5) is 2.29. The molecule has 1 fully saturated rings. The molecule has 1 saturated heterocycles. The van der Waals surface area contributed by atoms with Crippen molar-refractivity contribution < 1.29 is 9.84 Å². The number of morpholine rings is 1. The van der Waals surface area contributed by atoms with Crippen LogP contribution in [0.15, 0.2) is 0 Å². The first kappa shape index (κ1) is 14.3. The van der Waals surface area contributed by atoms with Crippen LogP contribution in [-0.4, -0.2) is 73.6 Å². The topological polar surface area (TPSA) is 44.7 Å². The Hall–Kier alpha value is 0.190. The highest BCUT2D eigenvalue weighted by molar-refractivity contribution is 7.99. The van der Waals surface area contributed by atoms with Gasteiger partial charge in [0.15, 0.2) is 0 Å². The van der Waals surface area contributed by atoms with Gasteiger partial charge in [0.25, 0.3) is 0 Å². The van der Waals surface area contributed by atoms with Crippen molar-refractivity contribution in [3.8, 4) is 0 Å². The van der Waals surface area contributed by atoms with Gasteiger partial charge in [-0.2, -0.15) is 11.8 Å². The van der Waals surface area contributed by atoms with Crippen LogP contribution in [0.3, 0.4) is 0 Å². The van der Waals surface area contributed by atoms with Gasteiger partial charge in [-0.15, -0.1) is 0 Å². The minimum Gasteiger partial charge on any atom is -0.395 e. The number of nitrogens with zero attached hydrogens (tertiary/aromatic N) is 1. The number of aliphatic hydroxyl groups excluding tert-OH is 1. The summed E-state index contributed by atoms with van der Waals surface area (Å²) in [6.45, 7) is 6.04. The van der Waals surface area contributed by atoms with Crippen LogP contribution in [0.1, 0.15) is 6.92 Å². The number of hydrogen-bond donors (Lipinski definition) is 2. The minimum absolute atomic E-state index is 0.223. The molecule has 16 heavy (non-hydrogen) atoms. The molecule has 1 aliphatic heterocycles. The number of ether oxygens (including phenoxy) is 1. The van der Waals surface area contributed by atoms with E-state index in [2.05, 4.69) is 24.2 Å². The second kappa shape index (κ2) is 7.50. The number of rotatable bonds is 6. The second-order valence-corrected chi connectivity index (χ2v) is 5.49. The Morgan fingerprint density at radius 2 is 2.38 bits per heavy atom. The van der Waals surface area contributed by atoms with Gasteiger partial charge in [-0.05, 0) is 20.2 Å². The van der Waals surface area contributed by atoms with E-state index in [4.69, 9.17) is 4.74 Å². The highest BCUT2D eigenvalue weighted by atomic mass is 32.2. The lowest BCUT2D eigenvalue weighted by molar-refractivity contribution is -0.0192. The predicted molar refractivity (Wildman–Crippen MR) is 69.1 cm³/mol. The largest absolute Gasteiger partial charge is 0.395 e. The summed E-state index contributed by atoms with van der Waals surface area (Å²) < 4.78 is 5.67. The molecule has 1 heterocycles. The van der Waals surface area contributed by atoms with Gasteiger partial charge in [0, 0.05) is 30.9 Å². The first-order valence-corrected chi connectivity index (χ1v) is 7.13. The predicted octanol–water partition coefficient (Wildman–Crippen LogP) is 0.0190. The van der Waals surface area contributed by atoms with E-state index in [1.54, 1.807) is 11.8 Å². The lowest BCUT2D eigenvalue weighted by Crippen LogP contribution is -2.48. The van der Waals surface area contributed by atoms with Crippen molar-refractivity contribution in [2.75, 3.05) is 46.2 Å². The Bertz CT molecular complexity index is 189. The molecule has 2 N–H and O–H groups in total. The Balaban J connectivity index is 2.22. The molecule has 0 bridgehead atoms. The maximum Gasteiger partial charge on any atom is 0.0826 e. The lowest BCUT2D eigenvalue weighted by atomic mass is 10.2. The molecule has 5 heteroatoms. The molecular weight excluding hydrogens is 224 g/mol. The molecule has 0 spiro atoms. The molecule has 0 radical (unpaired) electrons. The van der Waals surface area contributed by atoms with Crippen LogP contribution in [0.4, 0.5) is 0 Å². The lowest BCUT2D eigenvalue weighted by Gasteiger charge is -2.31. The van der Waals surface area contributed by atoms with Crippen molar-refractivity contribution >= 4 is 11.8 Å². The Labute approximate surface area is 103 Å². The van der Waals surface area contributed by atoms with Crippen molar-refractivity contribution in [1.29, 1.82) is 0 Å². The highest BCUT2D eigenvalue weighted by Gasteiger charge is 2.20. The summed E-state index contributed by atoms with van der Waals surface area (Å²) in [6.07, 6.45) is 2.31. The maximum atomic E-state index is 9.18. The molecule has 0 saturated carbocycles. The molecule has 0 aliphatic carbocycles. The van der Waals surface area contributed by atoms with Gasteiger partial charge >= 0.3 is 0 Å². The van der Waals surface area contributed by atoms with E-state index >= 15 is 0 Å². The number of likely N-dealkylation sites (N-methyl/N-ethyl adjacent to an activating group) is 1. The molecule has 3 unspecified atom stereocenters. The fourth-order valence-corrected chi connectivity index (χ4v) is 2.53. The smallest absolute Gasteiger partial charge is 0.0826 e. The van der Waals surface area contributed by atoms with Crippen LogP contribution in [0.5, 0.6) is 0 Å². The summed E-state index contributed by atoms with van der Waals surface area (Å²) in [5.74, 6) is 0. The van der Waals surface area contributed by atoms with Gasteiger partial charge in [0.05, 0.1) is 19.3 Å². The first-order valence-electron chi connectivity index (χ1n) is 5.84. The molecule has 0 aromatic carbocycles. The SMILES string of the molecule is CSC(CO)C(C)NCC1CN(C)CCO1. The van der Waals surface area contributed by atoms with E-state index in [0.29, 0.717) is 6.04 Å². The molecule has 0 amide bonds. The Morgan fingerprint density at radius 1 is 1.62 bits per heavy atom. The van der Waals surface area contributed by atoms with Crippen LogP contribution >= 0.6 is 11.8 Å². The molecule has 1 aliphatic rings. The van der Waals surface area contributed by atoms with Crippen LogP contribution in [0.2, 0.25) is 0 Å². The van der Waals surface area contributed by atoms with Gasteiger partial charge in [-0.1, -0.05) is 0 Å². The first-order chi connectivity index (χ1) is 7.67. The zero-order valence-corrected chi connectivity index (χ0v) is 11.3. The normalized spacial score (nSPS) is 26.6. The number of thioether (sulfide) groups is 1. The summed E-state index contributed by atoms with van der Waals surface area (Å²) in [5, 5.41) is 12.9. The van der Waals surface area contributed by atoms with Crippen LogP contribution in [0.25, 0.3) is 0 Å². The van der Waals surface area contributed by atoms with Crippen LogP contribution in [-0.2, 0) is 4.74 Å². The number of hydrogen-bond acceptors (Lipinski definition) is 5. The zero-order chi connectivity index (χ0) is 12.0. The van der Waals surface area contributed by atoms with E-state index in [1.165, 1.54) is 0 Å². The van der Waals surface area contributed by atoms with Gasteiger partial charge in [0.2, 0.25) is 0 Å².